The second kappa shape index (κ2) is 9.60. The smallest absolute Gasteiger partial charge is 0.210 e. The minimum absolute atomic E-state index is 0.0792. The summed E-state index contributed by atoms with van der Waals surface area (Å²) in [6.07, 6.45) is 5.54. The Morgan fingerprint density at radius 3 is 2.53 bits per heavy atom. The van der Waals surface area contributed by atoms with E-state index in [1.54, 1.807) is 6.08 Å². The Bertz CT molecular complexity index is 1050. The minimum Gasteiger partial charge on any atom is -0.542 e. The molecule has 0 aliphatic carbocycles. The molecule has 1 aromatic carbocycles. The lowest BCUT2D eigenvalue weighted by atomic mass is 9.71. The van der Waals surface area contributed by atoms with E-state index in [0.717, 1.165) is 57.1 Å². The standard InChI is InChI=1S/C21H24N2O3.CH3ClO4/c1-3-21(13-17(26-2)20(24)25)10-6-11-23-12-9-15-14-7-4-5-8-16(14)22-18(15)19(21)23;1-6-2(3,4)5/h4-5,7-8,13H,3,6,9-12H2,1-2H3,(H,24,25);1H3. The fraction of sp³-hybridized carbons (Fsp3) is 0.455. The summed E-state index contributed by atoms with van der Waals surface area (Å²) in [6, 6.07) is 8.38. The first-order chi connectivity index (χ1) is 15.2. The van der Waals surface area contributed by atoms with E-state index in [1.807, 2.05) is 6.07 Å². The highest BCUT2D eigenvalue weighted by atomic mass is 35.7. The number of halogens is 1. The van der Waals surface area contributed by atoms with Crippen molar-refractivity contribution in [3.63, 3.8) is 0 Å². The molecule has 1 atom stereocenters. The molecule has 1 unspecified atom stereocenters. The zero-order valence-corrected chi connectivity index (χ0v) is 19.1. The van der Waals surface area contributed by atoms with Crippen LogP contribution in [0.5, 0.6) is 0 Å². The van der Waals surface area contributed by atoms with Crippen LogP contribution in [0.4, 0.5) is 0 Å². The molecule has 32 heavy (non-hydrogen) atoms. The number of fused-ring (bicyclic) bond motifs is 4. The molecule has 4 rings (SSSR count). The number of ether oxygens (including phenoxy) is 1. The number of aliphatic carboxylic acids is 1. The highest BCUT2D eigenvalue weighted by molar-refractivity contribution is 6.07. The molecular weight excluding hydrogens is 440 g/mol. The highest BCUT2D eigenvalue weighted by Crippen LogP contribution is 2.41. The Hall–Kier alpha value is -2.43. The number of nitrogens with zero attached hydrogens (tertiary/aromatic N) is 1. The van der Waals surface area contributed by atoms with E-state index in [9.17, 15) is 23.9 Å². The van der Waals surface area contributed by atoms with Gasteiger partial charge in [0.05, 0.1) is 27.1 Å². The Morgan fingerprint density at radius 1 is 1.25 bits per heavy atom. The van der Waals surface area contributed by atoms with Crippen LogP contribution in [0.1, 0.15) is 37.4 Å². The number of para-hydroxylation sites is 1. The zero-order valence-electron chi connectivity index (χ0n) is 18.3. The number of methoxy groups -OCH3 is 1. The third-order valence-corrected chi connectivity index (χ3v) is 6.55. The van der Waals surface area contributed by atoms with E-state index in [0.29, 0.717) is 0 Å². The normalized spacial score (nSPS) is 20.9. The fourth-order valence-corrected chi connectivity index (χ4v) is 4.71. The molecule has 2 aliphatic heterocycles. The number of aromatic nitrogens is 1. The van der Waals surface area contributed by atoms with Gasteiger partial charge in [-0.1, -0.05) is 25.1 Å². The number of carbonyl (C=O) groups is 1. The fourth-order valence-electron chi connectivity index (χ4n) is 4.71. The van der Waals surface area contributed by atoms with Gasteiger partial charge < -0.3 is 19.6 Å². The van der Waals surface area contributed by atoms with Crippen molar-refractivity contribution in [2.24, 2.45) is 5.41 Å². The Kier molecular flexibility index (Phi) is 7.26. The van der Waals surface area contributed by atoms with Gasteiger partial charge in [-0.05, 0) is 30.5 Å². The molecule has 3 heterocycles. The van der Waals surface area contributed by atoms with Gasteiger partial charge in [0.1, 0.15) is 30.5 Å². The summed E-state index contributed by atoms with van der Waals surface area (Å²) in [4.78, 5) is 15.1. The summed E-state index contributed by atoms with van der Waals surface area (Å²) in [5, 5.41) is 12.7. The Labute approximate surface area is 188 Å². The number of H-pyrrole nitrogens is 1. The van der Waals surface area contributed by atoms with Crippen LogP contribution < -0.4 is 19.1 Å². The molecule has 0 spiro atoms. The Balaban J connectivity index is 0.000000427. The van der Waals surface area contributed by atoms with Crippen molar-refractivity contribution >= 4 is 22.6 Å². The van der Waals surface area contributed by atoms with Crippen LogP contribution in [0.2, 0.25) is 0 Å². The molecule has 0 radical (unpaired) electrons. The van der Waals surface area contributed by atoms with Gasteiger partial charge in [-0.25, -0.2) is 4.58 Å². The van der Waals surface area contributed by atoms with Crippen molar-refractivity contribution in [1.82, 2.24) is 4.98 Å². The van der Waals surface area contributed by atoms with Crippen molar-refractivity contribution in [2.45, 2.75) is 32.6 Å². The summed E-state index contributed by atoms with van der Waals surface area (Å²) in [5.41, 5.74) is 4.48. The summed E-state index contributed by atoms with van der Waals surface area (Å²) in [5.74, 6) is -1.34. The predicted octanol–water partition coefficient (Wildman–Crippen LogP) is -1.47. The number of carboxylic acids is 1. The van der Waals surface area contributed by atoms with Gasteiger partial charge in [0.25, 0.3) is 0 Å². The maximum absolute atomic E-state index is 11.5. The van der Waals surface area contributed by atoms with Crippen LogP contribution in [0.15, 0.2) is 36.1 Å². The van der Waals surface area contributed by atoms with Gasteiger partial charge >= 0.3 is 0 Å². The maximum atomic E-state index is 11.5. The van der Waals surface area contributed by atoms with E-state index in [2.05, 4.69) is 39.0 Å². The predicted molar refractivity (Wildman–Crippen MR) is 105 cm³/mol. The van der Waals surface area contributed by atoms with Gasteiger partial charge in [0.15, 0.2) is 7.11 Å². The molecular formula is C22H27ClN2O7. The van der Waals surface area contributed by atoms with Gasteiger partial charge in [-0.3, -0.25) is 0 Å². The monoisotopic (exact) mass is 466 g/mol. The first kappa shape index (κ1) is 24.2. The number of benzene rings is 1. The van der Waals surface area contributed by atoms with Gasteiger partial charge in [0.2, 0.25) is 5.71 Å². The quantitative estimate of drug-likeness (QED) is 0.321. The number of rotatable bonds is 5. The second-order valence-corrected chi connectivity index (χ2v) is 8.82. The van der Waals surface area contributed by atoms with Crippen molar-refractivity contribution in [3.8, 4) is 0 Å². The van der Waals surface area contributed by atoms with Gasteiger partial charge in [0, 0.05) is 23.7 Å². The van der Waals surface area contributed by atoms with E-state index in [1.165, 1.54) is 23.8 Å². The number of nitrogens with one attached hydrogen (secondary N) is 1. The van der Waals surface area contributed by atoms with Crippen molar-refractivity contribution in [3.05, 3.63) is 47.4 Å². The van der Waals surface area contributed by atoms with Crippen molar-refractivity contribution in [2.75, 3.05) is 27.3 Å². The van der Waals surface area contributed by atoms with Crippen LogP contribution in [0.3, 0.4) is 0 Å². The summed E-state index contributed by atoms with van der Waals surface area (Å²) < 4.78 is 38.5. The lowest BCUT2D eigenvalue weighted by Crippen LogP contribution is -2.60. The first-order valence-electron chi connectivity index (χ1n) is 10.3. The van der Waals surface area contributed by atoms with Crippen LogP contribution >= 0.6 is 0 Å². The molecule has 1 aromatic heterocycles. The zero-order chi connectivity index (χ0) is 23.5. The second-order valence-electron chi connectivity index (χ2n) is 7.76. The average Bonchev–Trinajstić information content (AvgIpc) is 3.15. The largest absolute Gasteiger partial charge is 0.542 e. The molecule has 0 saturated carbocycles. The average molecular weight is 467 g/mol. The van der Waals surface area contributed by atoms with E-state index < -0.39 is 16.2 Å². The van der Waals surface area contributed by atoms with Crippen LogP contribution in [-0.2, 0) is 20.2 Å². The Morgan fingerprint density at radius 2 is 1.94 bits per heavy atom. The molecule has 0 saturated heterocycles. The minimum atomic E-state index is -4.18. The third kappa shape index (κ3) is 4.82. The number of hydrogen-bond donors (Lipinski definition) is 1. The summed E-state index contributed by atoms with van der Waals surface area (Å²) in [7, 11) is -1.99. The lowest BCUT2D eigenvalue weighted by Gasteiger charge is -2.35. The van der Waals surface area contributed by atoms with Crippen LogP contribution in [-0.4, -0.2) is 48.5 Å². The molecule has 0 bridgehead atoms. The van der Waals surface area contributed by atoms with Gasteiger partial charge in [-0.15, -0.1) is 0 Å². The topological polar surface area (TPSA) is 147 Å². The molecule has 9 nitrogen and oxygen atoms in total. The number of aromatic amines is 1. The first-order valence-corrected chi connectivity index (χ1v) is 11.6. The molecule has 174 valence electrons. The molecule has 1 N–H and O–H groups in total. The molecule has 2 aliphatic rings. The SMILES string of the molecule is CCC1(C=C(OC)C(=O)[O-])CCC[N+]2=C1c1[nH]c3ccccc3c1CC2.CO[Cl+3]([O-])([O-])[O-]. The maximum Gasteiger partial charge on any atom is 0.210 e. The summed E-state index contributed by atoms with van der Waals surface area (Å²) >= 11 is 0. The summed E-state index contributed by atoms with van der Waals surface area (Å²) in [6.45, 7) is 4.09. The van der Waals surface area contributed by atoms with Crippen molar-refractivity contribution < 1.29 is 47.7 Å². The van der Waals surface area contributed by atoms with Gasteiger partial charge in [-0.2, -0.15) is 14.0 Å². The van der Waals surface area contributed by atoms with E-state index >= 15 is 0 Å². The molecule has 2 aromatic rings. The van der Waals surface area contributed by atoms with Crippen LogP contribution in [0, 0.1) is 15.7 Å². The van der Waals surface area contributed by atoms with E-state index in [-0.39, 0.29) is 11.2 Å². The number of allylic oxidation sites excluding steroid dienone is 1. The van der Waals surface area contributed by atoms with Crippen LogP contribution in [0.25, 0.3) is 10.9 Å². The highest BCUT2D eigenvalue weighted by Gasteiger charge is 2.46. The van der Waals surface area contributed by atoms with E-state index in [4.69, 9.17) is 4.74 Å². The number of carbonyl (C=O) groups excluding carboxylic acids is 1. The number of hydrogen-bond acceptors (Lipinski definition) is 7. The molecule has 0 fully saturated rings. The van der Waals surface area contributed by atoms with Crippen molar-refractivity contribution in [1.29, 1.82) is 0 Å². The third-order valence-electron chi connectivity index (χ3n) is 6.17. The molecule has 10 heteroatoms. The lowest BCUT2D eigenvalue weighted by molar-refractivity contribution is -1.92. The molecule has 0 amide bonds. The number of carboxylic acid groups (broad SMARTS) is 1.